The zero-order valence-corrected chi connectivity index (χ0v) is 14.0. The average Bonchev–Trinajstić information content (AvgIpc) is 2.25. The first-order valence-corrected chi connectivity index (χ1v) is 8.33. The SMILES string of the molecule is CC1CC2CC(C)C1C(C)C2.CC1OC(C)OC(C)O1. The molecule has 118 valence electrons. The summed E-state index contributed by atoms with van der Waals surface area (Å²) in [5, 5.41) is 0. The molecule has 4 rings (SSSR count). The zero-order chi connectivity index (χ0) is 14.9. The fourth-order valence-corrected chi connectivity index (χ4v) is 4.93. The summed E-state index contributed by atoms with van der Waals surface area (Å²) in [7, 11) is 0. The Morgan fingerprint density at radius 2 is 0.850 bits per heavy atom. The Labute approximate surface area is 124 Å². The minimum absolute atomic E-state index is 0.135. The Morgan fingerprint density at radius 1 is 0.550 bits per heavy atom. The van der Waals surface area contributed by atoms with Crippen molar-refractivity contribution in [2.75, 3.05) is 0 Å². The highest BCUT2D eigenvalue weighted by atomic mass is 16.9. The molecule has 0 aromatic carbocycles. The summed E-state index contributed by atoms with van der Waals surface area (Å²) in [4.78, 5) is 0. The average molecular weight is 284 g/mol. The van der Waals surface area contributed by atoms with Crippen LogP contribution in [0.2, 0.25) is 0 Å². The Balaban J connectivity index is 0.000000151. The summed E-state index contributed by atoms with van der Waals surface area (Å²) in [5.41, 5.74) is 0. The van der Waals surface area contributed by atoms with Gasteiger partial charge in [-0.3, -0.25) is 0 Å². The van der Waals surface area contributed by atoms with Crippen LogP contribution in [0.5, 0.6) is 0 Å². The van der Waals surface area contributed by atoms with E-state index in [4.69, 9.17) is 14.2 Å². The van der Waals surface area contributed by atoms with E-state index in [2.05, 4.69) is 20.8 Å². The Bertz CT molecular complexity index is 253. The molecule has 1 aliphatic heterocycles. The summed E-state index contributed by atoms with van der Waals surface area (Å²) in [6, 6.07) is 0. The minimum Gasteiger partial charge on any atom is -0.324 e. The van der Waals surface area contributed by atoms with Gasteiger partial charge < -0.3 is 14.2 Å². The van der Waals surface area contributed by atoms with Gasteiger partial charge >= 0.3 is 0 Å². The van der Waals surface area contributed by atoms with Crippen LogP contribution in [0.25, 0.3) is 0 Å². The van der Waals surface area contributed by atoms with Crippen LogP contribution in [-0.4, -0.2) is 18.9 Å². The van der Waals surface area contributed by atoms with Crippen molar-refractivity contribution in [3.63, 3.8) is 0 Å². The second-order valence-corrected chi connectivity index (χ2v) is 7.19. The molecule has 3 heteroatoms. The second-order valence-electron chi connectivity index (χ2n) is 7.19. The number of hydrogen-bond donors (Lipinski definition) is 0. The molecule has 1 heterocycles. The van der Waals surface area contributed by atoms with Gasteiger partial charge in [-0.25, -0.2) is 0 Å². The number of rotatable bonds is 0. The van der Waals surface area contributed by atoms with Crippen molar-refractivity contribution in [2.45, 2.75) is 79.7 Å². The lowest BCUT2D eigenvalue weighted by molar-refractivity contribution is -0.367. The van der Waals surface area contributed by atoms with Crippen LogP contribution in [0.3, 0.4) is 0 Å². The zero-order valence-electron chi connectivity index (χ0n) is 14.0. The molecule has 3 atom stereocenters. The smallest absolute Gasteiger partial charge is 0.161 e. The van der Waals surface area contributed by atoms with Crippen LogP contribution >= 0.6 is 0 Å². The molecule has 0 N–H and O–H groups in total. The molecule has 2 bridgehead atoms. The summed E-state index contributed by atoms with van der Waals surface area (Å²) >= 11 is 0. The molecule has 0 aromatic rings. The molecule has 3 saturated carbocycles. The first kappa shape index (κ1) is 16.3. The highest BCUT2D eigenvalue weighted by Gasteiger charge is 2.41. The van der Waals surface area contributed by atoms with Gasteiger partial charge in [-0.2, -0.15) is 0 Å². The summed E-state index contributed by atoms with van der Waals surface area (Å²) in [5.74, 6) is 5.20. The van der Waals surface area contributed by atoms with E-state index in [1.54, 1.807) is 0 Å². The van der Waals surface area contributed by atoms with E-state index < -0.39 is 0 Å². The van der Waals surface area contributed by atoms with Crippen LogP contribution in [0, 0.1) is 29.6 Å². The molecule has 0 spiro atoms. The molecule has 0 radical (unpaired) electrons. The van der Waals surface area contributed by atoms with Crippen LogP contribution < -0.4 is 0 Å². The van der Waals surface area contributed by atoms with E-state index in [9.17, 15) is 0 Å². The van der Waals surface area contributed by atoms with E-state index in [0.717, 1.165) is 29.6 Å². The van der Waals surface area contributed by atoms with Gasteiger partial charge in [0.25, 0.3) is 0 Å². The van der Waals surface area contributed by atoms with Gasteiger partial charge in [0, 0.05) is 0 Å². The second kappa shape index (κ2) is 6.76. The summed E-state index contributed by atoms with van der Waals surface area (Å²) < 4.78 is 15.3. The highest BCUT2D eigenvalue weighted by Crippen LogP contribution is 2.50. The van der Waals surface area contributed by atoms with Crippen molar-refractivity contribution in [2.24, 2.45) is 29.6 Å². The van der Waals surface area contributed by atoms with Gasteiger partial charge in [-0.1, -0.05) is 20.8 Å². The summed E-state index contributed by atoms with van der Waals surface area (Å²) in [6.07, 6.45) is 4.18. The van der Waals surface area contributed by atoms with E-state index in [-0.39, 0.29) is 18.9 Å². The Hall–Kier alpha value is -0.120. The van der Waals surface area contributed by atoms with E-state index >= 15 is 0 Å². The first-order chi connectivity index (χ1) is 9.36. The molecule has 3 aliphatic carbocycles. The van der Waals surface area contributed by atoms with E-state index in [0.29, 0.717) is 0 Å². The van der Waals surface area contributed by atoms with Crippen molar-refractivity contribution in [1.29, 1.82) is 0 Å². The largest absolute Gasteiger partial charge is 0.324 e. The van der Waals surface area contributed by atoms with Crippen molar-refractivity contribution in [3.05, 3.63) is 0 Å². The van der Waals surface area contributed by atoms with E-state index in [1.165, 1.54) is 19.3 Å². The highest BCUT2D eigenvalue weighted by molar-refractivity contribution is 4.91. The third kappa shape index (κ3) is 3.96. The van der Waals surface area contributed by atoms with Gasteiger partial charge in [0.05, 0.1) is 0 Å². The predicted octanol–water partition coefficient (Wildman–Crippen LogP) is 4.41. The maximum absolute atomic E-state index is 5.11. The predicted molar refractivity (Wildman–Crippen MR) is 80.0 cm³/mol. The van der Waals surface area contributed by atoms with Crippen LogP contribution in [0.1, 0.15) is 60.8 Å². The van der Waals surface area contributed by atoms with Crippen molar-refractivity contribution < 1.29 is 14.2 Å². The fraction of sp³-hybridized carbons (Fsp3) is 1.00. The third-order valence-electron chi connectivity index (χ3n) is 5.24. The van der Waals surface area contributed by atoms with Crippen molar-refractivity contribution >= 4 is 0 Å². The molecule has 20 heavy (non-hydrogen) atoms. The van der Waals surface area contributed by atoms with Crippen LogP contribution in [0.15, 0.2) is 0 Å². The maximum atomic E-state index is 5.11. The Morgan fingerprint density at radius 3 is 1.05 bits per heavy atom. The first-order valence-electron chi connectivity index (χ1n) is 8.33. The third-order valence-corrected chi connectivity index (χ3v) is 5.24. The number of hydrogen-bond acceptors (Lipinski definition) is 3. The molecule has 0 amide bonds. The molecule has 4 aliphatic rings. The minimum atomic E-state index is -0.135. The number of ether oxygens (including phenoxy) is 3. The Kier molecular flexibility index (Phi) is 5.49. The van der Waals surface area contributed by atoms with Crippen LogP contribution in [0.4, 0.5) is 0 Å². The standard InChI is InChI=1S/C11H20.C6H12O3/c1-7-4-10-5-8(2)11(7)9(3)6-10;1-4-7-5(2)9-6(3)8-4/h7-11H,4-6H2,1-3H3;4-6H,1-3H3. The van der Waals surface area contributed by atoms with Crippen molar-refractivity contribution in [1.82, 2.24) is 0 Å². The fourth-order valence-electron chi connectivity index (χ4n) is 4.93. The van der Waals surface area contributed by atoms with E-state index in [1.807, 2.05) is 20.8 Å². The topological polar surface area (TPSA) is 27.7 Å². The quantitative estimate of drug-likeness (QED) is 0.659. The van der Waals surface area contributed by atoms with Gasteiger partial charge in [0.1, 0.15) is 0 Å². The van der Waals surface area contributed by atoms with Crippen LogP contribution in [-0.2, 0) is 14.2 Å². The lowest BCUT2D eigenvalue weighted by Gasteiger charge is -2.49. The lowest BCUT2D eigenvalue weighted by Crippen LogP contribution is -2.40. The lowest BCUT2D eigenvalue weighted by atomic mass is 9.56. The van der Waals surface area contributed by atoms with Gasteiger partial charge in [0.2, 0.25) is 0 Å². The normalized spacial score (nSPS) is 51.3. The maximum Gasteiger partial charge on any atom is 0.161 e. The van der Waals surface area contributed by atoms with Gasteiger partial charge in [-0.15, -0.1) is 0 Å². The summed E-state index contributed by atoms with van der Waals surface area (Å²) in [6.45, 7) is 13.0. The van der Waals surface area contributed by atoms with Crippen molar-refractivity contribution in [3.8, 4) is 0 Å². The monoisotopic (exact) mass is 284 g/mol. The number of fused-ring (bicyclic) bond motifs is 3. The molecular formula is C17H32O3. The van der Waals surface area contributed by atoms with Gasteiger partial charge in [0.15, 0.2) is 18.9 Å². The molecule has 1 saturated heterocycles. The molecule has 3 nitrogen and oxygen atoms in total. The molecular weight excluding hydrogens is 252 g/mol. The van der Waals surface area contributed by atoms with Gasteiger partial charge in [-0.05, 0) is 69.6 Å². The molecule has 3 unspecified atom stereocenters. The molecule has 4 fully saturated rings. The molecule has 0 aromatic heterocycles.